The maximum Gasteiger partial charge on any atom is 0.273 e. The van der Waals surface area contributed by atoms with Gasteiger partial charge in [-0.3, -0.25) is 0 Å². The second-order valence-electron chi connectivity index (χ2n) is 4.14. The van der Waals surface area contributed by atoms with Crippen LogP contribution in [0.15, 0.2) is 29.9 Å². The van der Waals surface area contributed by atoms with E-state index in [9.17, 15) is 0 Å². The zero-order valence-corrected chi connectivity index (χ0v) is 10.4. The van der Waals surface area contributed by atoms with E-state index in [1.165, 1.54) is 16.9 Å². The van der Waals surface area contributed by atoms with Crippen molar-refractivity contribution in [3.8, 4) is 5.19 Å². The summed E-state index contributed by atoms with van der Waals surface area (Å²) >= 11 is 1.53. The minimum Gasteiger partial charge on any atom is -0.463 e. The van der Waals surface area contributed by atoms with Gasteiger partial charge < -0.3 is 9.64 Å². The molecule has 2 aromatic heterocycles. The van der Waals surface area contributed by atoms with Crippen LogP contribution in [0.1, 0.15) is 5.56 Å². The Kier molecular flexibility index (Phi) is 2.68. The molecule has 88 valence electrons. The van der Waals surface area contributed by atoms with E-state index in [1.807, 2.05) is 18.5 Å². The maximum atomic E-state index is 5.70. The SMILES string of the molecule is Cc1ccc(N2CC(Oc3nccs3)C2)nc1. The molecule has 0 unspecified atom stereocenters. The van der Waals surface area contributed by atoms with Crippen LogP contribution in [0.3, 0.4) is 0 Å². The predicted octanol–water partition coefficient (Wildman–Crippen LogP) is 2.11. The van der Waals surface area contributed by atoms with Crippen molar-refractivity contribution < 1.29 is 4.74 Å². The molecule has 1 fully saturated rings. The fourth-order valence-corrected chi connectivity index (χ4v) is 2.31. The molecule has 0 atom stereocenters. The van der Waals surface area contributed by atoms with Crippen LogP contribution in [-0.4, -0.2) is 29.2 Å². The van der Waals surface area contributed by atoms with Gasteiger partial charge in [0.1, 0.15) is 11.9 Å². The van der Waals surface area contributed by atoms with Crippen LogP contribution >= 0.6 is 11.3 Å². The van der Waals surface area contributed by atoms with Crippen molar-refractivity contribution >= 4 is 17.2 Å². The van der Waals surface area contributed by atoms with Crippen LogP contribution in [-0.2, 0) is 0 Å². The summed E-state index contributed by atoms with van der Waals surface area (Å²) in [7, 11) is 0. The molecule has 0 aromatic carbocycles. The predicted molar refractivity (Wildman–Crippen MR) is 67.7 cm³/mol. The number of hydrogen-bond donors (Lipinski definition) is 0. The number of anilines is 1. The van der Waals surface area contributed by atoms with Gasteiger partial charge in [-0.2, -0.15) is 0 Å². The Hall–Kier alpha value is -1.62. The molecule has 0 saturated carbocycles. The Bertz CT molecular complexity index is 477. The van der Waals surface area contributed by atoms with Crippen LogP contribution in [0, 0.1) is 6.92 Å². The van der Waals surface area contributed by atoms with Gasteiger partial charge in [-0.25, -0.2) is 9.97 Å². The van der Waals surface area contributed by atoms with Gasteiger partial charge in [0.05, 0.1) is 13.1 Å². The van der Waals surface area contributed by atoms with Crippen LogP contribution in [0.4, 0.5) is 5.82 Å². The van der Waals surface area contributed by atoms with Crippen molar-refractivity contribution in [2.45, 2.75) is 13.0 Å². The van der Waals surface area contributed by atoms with Gasteiger partial charge >= 0.3 is 0 Å². The van der Waals surface area contributed by atoms with Crippen LogP contribution in [0.2, 0.25) is 0 Å². The topological polar surface area (TPSA) is 38.2 Å². The highest BCUT2D eigenvalue weighted by atomic mass is 32.1. The van der Waals surface area contributed by atoms with Crippen LogP contribution in [0.25, 0.3) is 0 Å². The lowest BCUT2D eigenvalue weighted by molar-refractivity contribution is 0.166. The van der Waals surface area contributed by atoms with Gasteiger partial charge in [-0.15, -0.1) is 0 Å². The molecule has 4 nitrogen and oxygen atoms in total. The number of aromatic nitrogens is 2. The summed E-state index contributed by atoms with van der Waals surface area (Å²) in [6.07, 6.45) is 3.90. The Morgan fingerprint density at radius 3 is 2.88 bits per heavy atom. The summed E-state index contributed by atoms with van der Waals surface area (Å²) in [5.41, 5.74) is 1.19. The van der Waals surface area contributed by atoms with E-state index in [1.54, 1.807) is 6.20 Å². The number of hydrogen-bond acceptors (Lipinski definition) is 5. The quantitative estimate of drug-likeness (QED) is 0.832. The van der Waals surface area contributed by atoms with Gasteiger partial charge in [0.2, 0.25) is 0 Å². The number of pyridine rings is 1. The Morgan fingerprint density at radius 1 is 1.35 bits per heavy atom. The summed E-state index contributed by atoms with van der Waals surface area (Å²) < 4.78 is 5.70. The first-order valence-corrected chi connectivity index (χ1v) is 6.43. The van der Waals surface area contributed by atoms with Crippen molar-refractivity contribution in [1.29, 1.82) is 0 Å². The molecular formula is C12H13N3OS. The van der Waals surface area contributed by atoms with E-state index in [-0.39, 0.29) is 6.10 Å². The monoisotopic (exact) mass is 247 g/mol. The Morgan fingerprint density at radius 2 is 2.24 bits per heavy atom. The average molecular weight is 247 g/mol. The van der Waals surface area contributed by atoms with E-state index in [2.05, 4.69) is 27.0 Å². The number of ether oxygens (including phenoxy) is 1. The fourth-order valence-electron chi connectivity index (χ4n) is 1.76. The molecule has 0 radical (unpaired) electrons. The molecule has 0 bridgehead atoms. The zero-order valence-electron chi connectivity index (χ0n) is 9.54. The van der Waals surface area contributed by atoms with Crippen molar-refractivity contribution in [3.63, 3.8) is 0 Å². The minimum absolute atomic E-state index is 0.240. The first kappa shape index (κ1) is 10.5. The Labute approximate surface area is 104 Å². The second-order valence-corrected chi connectivity index (χ2v) is 4.99. The number of aryl methyl sites for hydroxylation is 1. The molecular weight excluding hydrogens is 234 g/mol. The lowest BCUT2D eigenvalue weighted by atomic mass is 10.1. The molecule has 0 amide bonds. The summed E-state index contributed by atoms with van der Waals surface area (Å²) in [6.45, 7) is 3.81. The van der Waals surface area contributed by atoms with Gasteiger partial charge in [0.25, 0.3) is 5.19 Å². The molecule has 0 N–H and O–H groups in total. The lowest BCUT2D eigenvalue weighted by Crippen LogP contribution is -2.54. The molecule has 1 saturated heterocycles. The first-order valence-electron chi connectivity index (χ1n) is 5.55. The maximum absolute atomic E-state index is 5.70. The third-order valence-electron chi connectivity index (χ3n) is 2.74. The summed E-state index contributed by atoms with van der Waals surface area (Å²) in [5.74, 6) is 1.02. The van der Waals surface area contributed by atoms with Gasteiger partial charge in [0, 0.05) is 17.8 Å². The molecule has 0 aliphatic carbocycles. The van der Waals surface area contributed by atoms with Crippen molar-refractivity contribution in [2.75, 3.05) is 18.0 Å². The smallest absolute Gasteiger partial charge is 0.273 e. The van der Waals surface area contributed by atoms with Crippen LogP contribution in [0.5, 0.6) is 5.19 Å². The molecule has 17 heavy (non-hydrogen) atoms. The molecule has 3 heterocycles. The first-order chi connectivity index (χ1) is 8.31. The summed E-state index contributed by atoms with van der Waals surface area (Å²) in [6, 6.07) is 4.13. The number of thiazole rings is 1. The number of rotatable bonds is 3. The van der Waals surface area contributed by atoms with Crippen LogP contribution < -0.4 is 9.64 Å². The highest BCUT2D eigenvalue weighted by Crippen LogP contribution is 2.23. The van der Waals surface area contributed by atoms with E-state index < -0.39 is 0 Å². The van der Waals surface area contributed by atoms with E-state index in [0.717, 1.165) is 24.1 Å². The highest BCUT2D eigenvalue weighted by Gasteiger charge is 2.29. The standard InChI is InChI=1S/C12H13N3OS/c1-9-2-3-11(14-6-9)15-7-10(8-15)16-12-13-4-5-17-12/h2-6,10H,7-8H2,1H3. The van der Waals surface area contributed by atoms with E-state index in [4.69, 9.17) is 4.74 Å². The largest absolute Gasteiger partial charge is 0.463 e. The fraction of sp³-hybridized carbons (Fsp3) is 0.333. The Balaban J connectivity index is 1.56. The average Bonchev–Trinajstić information content (AvgIpc) is 2.77. The lowest BCUT2D eigenvalue weighted by Gasteiger charge is -2.39. The highest BCUT2D eigenvalue weighted by molar-refractivity contribution is 7.11. The molecule has 1 aliphatic rings. The molecule has 0 spiro atoms. The number of nitrogens with zero attached hydrogens (tertiary/aromatic N) is 3. The second kappa shape index (κ2) is 4.33. The van der Waals surface area contributed by atoms with Crippen molar-refractivity contribution in [3.05, 3.63) is 35.5 Å². The van der Waals surface area contributed by atoms with Gasteiger partial charge in [-0.1, -0.05) is 17.4 Å². The van der Waals surface area contributed by atoms with E-state index >= 15 is 0 Å². The summed E-state index contributed by atoms with van der Waals surface area (Å²) in [5, 5.41) is 2.68. The molecule has 3 rings (SSSR count). The van der Waals surface area contributed by atoms with Gasteiger partial charge in [-0.05, 0) is 18.6 Å². The van der Waals surface area contributed by atoms with E-state index in [0.29, 0.717) is 0 Å². The third kappa shape index (κ3) is 2.24. The van der Waals surface area contributed by atoms with Gasteiger partial charge in [0.15, 0.2) is 0 Å². The molecule has 1 aliphatic heterocycles. The van der Waals surface area contributed by atoms with Crippen molar-refractivity contribution in [2.24, 2.45) is 0 Å². The molecule has 2 aromatic rings. The minimum atomic E-state index is 0.240. The third-order valence-corrected chi connectivity index (χ3v) is 3.41. The molecule has 5 heteroatoms. The summed E-state index contributed by atoms with van der Waals surface area (Å²) in [4.78, 5) is 10.7. The zero-order chi connectivity index (χ0) is 11.7. The van der Waals surface area contributed by atoms with Crippen molar-refractivity contribution in [1.82, 2.24) is 9.97 Å². The normalized spacial score (nSPS) is 15.7.